The van der Waals surface area contributed by atoms with Crippen LogP contribution in [0.1, 0.15) is 20.3 Å². The predicted molar refractivity (Wildman–Crippen MR) is 46.8 cm³/mol. The normalized spacial score (nSPS) is 36.2. The number of aliphatic imine (C=N–C) groups is 1. The first-order valence-corrected chi connectivity index (χ1v) is 4.23. The molecule has 0 aromatic rings. The van der Waals surface area contributed by atoms with E-state index >= 15 is 0 Å². The molecule has 2 heterocycles. The Morgan fingerprint density at radius 2 is 2.36 bits per heavy atom. The van der Waals surface area contributed by atoms with Crippen molar-refractivity contribution in [3.05, 3.63) is 11.6 Å². The SMILES string of the molecule is CC1=CC(C)=NC2NCCC12. The van der Waals surface area contributed by atoms with E-state index in [1.807, 2.05) is 0 Å². The van der Waals surface area contributed by atoms with Crippen LogP contribution in [-0.4, -0.2) is 18.4 Å². The third kappa shape index (κ3) is 1.11. The highest BCUT2D eigenvalue weighted by molar-refractivity contribution is 5.94. The van der Waals surface area contributed by atoms with Crippen LogP contribution in [0.25, 0.3) is 0 Å². The Labute approximate surface area is 67.4 Å². The monoisotopic (exact) mass is 150 g/mol. The second-order valence-corrected chi connectivity index (χ2v) is 3.45. The molecule has 0 spiro atoms. The number of nitrogens with one attached hydrogen (secondary N) is 1. The molecule has 0 aromatic carbocycles. The summed E-state index contributed by atoms with van der Waals surface area (Å²) in [5, 5.41) is 3.39. The van der Waals surface area contributed by atoms with Crippen LogP contribution in [0.4, 0.5) is 0 Å². The molecule has 2 nitrogen and oxygen atoms in total. The summed E-state index contributed by atoms with van der Waals surface area (Å²) in [5.74, 6) is 0.679. The van der Waals surface area contributed by atoms with E-state index in [0.29, 0.717) is 12.1 Å². The van der Waals surface area contributed by atoms with Crippen LogP contribution < -0.4 is 5.32 Å². The van der Waals surface area contributed by atoms with Gasteiger partial charge < -0.3 is 0 Å². The molecule has 11 heavy (non-hydrogen) atoms. The van der Waals surface area contributed by atoms with Gasteiger partial charge in [0, 0.05) is 11.6 Å². The Balaban J connectivity index is 2.28. The van der Waals surface area contributed by atoms with Gasteiger partial charge in [0.15, 0.2) is 0 Å². The van der Waals surface area contributed by atoms with Crippen molar-refractivity contribution in [2.45, 2.75) is 26.4 Å². The zero-order valence-corrected chi connectivity index (χ0v) is 7.09. The van der Waals surface area contributed by atoms with Crippen LogP contribution in [0.2, 0.25) is 0 Å². The lowest BCUT2D eigenvalue weighted by atomic mass is 9.94. The first-order chi connectivity index (χ1) is 5.27. The van der Waals surface area contributed by atoms with E-state index in [9.17, 15) is 0 Å². The zero-order chi connectivity index (χ0) is 7.84. The fourth-order valence-corrected chi connectivity index (χ4v) is 1.99. The summed E-state index contributed by atoms with van der Waals surface area (Å²) in [6, 6.07) is 0. The Kier molecular flexibility index (Phi) is 1.57. The number of fused-ring (bicyclic) bond motifs is 1. The Bertz CT molecular complexity index is 228. The summed E-state index contributed by atoms with van der Waals surface area (Å²) in [4.78, 5) is 4.52. The predicted octanol–water partition coefficient (Wildman–Crippen LogP) is 1.34. The topological polar surface area (TPSA) is 24.4 Å². The molecule has 2 unspecified atom stereocenters. The fourth-order valence-electron chi connectivity index (χ4n) is 1.99. The third-order valence-electron chi connectivity index (χ3n) is 2.55. The smallest absolute Gasteiger partial charge is 0.106 e. The minimum Gasteiger partial charge on any atom is -0.295 e. The van der Waals surface area contributed by atoms with Crippen LogP contribution in [-0.2, 0) is 0 Å². The lowest BCUT2D eigenvalue weighted by molar-refractivity contribution is 0.516. The van der Waals surface area contributed by atoms with Crippen molar-refractivity contribution in [1.29, 1.82) is 0 Å². The molecule has 0 bridgehead atoms. The Morgan fingerprint density at radius 1 is 1.55 bits per heavy atom. The number of allylic oxidation sites excluding steroid dienone is 1. The van der Waals surface area contributed by atoms with Crippen molar-refractivity contribution in [2.24, 2.45) is 10.9 Å². The molecule has 60 valence electrons. The second kappa shape index (κ2) is 2.45. The van der Waals surface area contributed by atoms with Gasteiger partial charge in [-0.15, -0.1) is 0 Å². The van der Waals surface area contributed by atoms with Gasteiger partial charge in [-0.25, -0.2) is 0 Å². The average Bonchev–Trinajstić information content (AvgIpc) is 2.34. The largest absolute Gasteiger partial charge is 0.295 e. The van der Waals surface area contributed by atoms with E-state index in [0.717, 1.165) is 12.3 Å². The number of hydrogen-bond acceptors (Lipinski definition) is 2. The van der Waals surface area contributed by atoms with E-state index in [-0.39, 0.29) is 0 Å². The fraction of sp³-hybridized carbons (Fsp3) is 0.667. The number of nitrogens with zero attached hydrogens (tertiary/aromatic N) is 1. The minimum atomic E-state index is 0.389. The molecule has 2 atom stereocenters. The molecule has 2 aliphatic rings. The Morgan fingerprint density at radius 3 is 3.18 bits per heavy atom. The highest BCUT2D eigenvalue weighted by Gasteiger charge is 2.29. The summed E-state index contributed by atoms with van der Waals surface area (Å²) < 4.78 is 0. The van der Waals surface area contributed by atoms with Gasteiger partial charge in [0.25, 0.3) is 0 Å². The standard InChI is InChI=1S/C9H14N2/c1-6-5-7(2)11-9-8(6)3-4-10-9/h5,8-10H,3-4H2,1-2H3. The first kappa shape index (κ1) is 7.04. The van der Waals surface area contributed by atoms with Crippen molar-refractivity contribution >= 4 is 5.71 Å². The van der Waals surface area contributed by atoms with Crippen LogP contribution in [0, 0.1) is 5.92 Å². The molecular weight excluding hydrogens is 136 g/mol. The van der Waals surface area contributed by atoms with E-state index in [1.54, 1.807) is 0 Å². The minimum absolute atomic E-state index is 0.389. The number of dihydropyridines is 1. The lowest BCUT2D eigenvalue weighted by Crippen LogP contribution is -2.28. The summed E-state index contributed by atoms with van der Waals surface area (Å²) >= 11 is 0. The van der Waals surface area contributed by atoms with Crippen molar-refractivity contribution in [2.75, 3.05) is 6.54 Å². The molecule has 1 N–H and O–H groups in total. The summed E-state index contributed by atoms with van der Waals surface area (Å²) in [5.41, 5.74) is 2.66. The van der Waals surface area contributed by atoms with Gasteiger partial charge in [-0.1, -0.05) is 5.57 Å². The highest BCUT2D eigenvalue weighted by atomic mass is 15.1. The van der Waals surface area contributed by atoms with E-state index in [2.05, 4.69) is 30.2 Å². The molecule has 1 saturated heterocycles. The maximum atomic E-state index is 4.52. The molecule has 0 aliphatic carbocycles. The summed E-state index contributed by atoms with van der Waals surface area (Å²) in [6.45, 7) is 5.40. The van der Waals surface area contributed by atoms with Gasteiger partial charge >= 0.3 is 0 Å². The lowest BCUT2D eigenvalue weighted by Gasteiger charge is -2.21. The average molecular weight is 150 g/mol. The maximum Gasteiger partial charge on any atom is 0.106 e. The zero-order valence-electron chi connectivity index (χ0n) is 7.09. The van der Waals surface area contributed by atoms with E-state index in [1.165, 1.54) is 12.0 Å². The van der Waals surface area contributed by atoms with Gasteiger partial charge in [0.1, 0.15) is 6.17 Å². The molecular formula is C9H14N2. The van der Waals surface area contributed by atoms with Crippen molar-refractivity contribution in [3.63, 3.8) is 0 Å². The van der Waals surface area contributed by atoms with E-state index < -0.39 is 0 Å². The molecule has 2 aliphatic heterocycles. The maximum absolute atomic E-state index is 4.52. The van der Waals surface area contributed by atoms with Gasteiger partial charge in [-0.05, 0) is 32.9 Å². The third-order valence-corrected chi connectivity index (χ3v) is 2.55. The highest BCUT2D eigenvalue weighted by Crippen LogP contribution is 2.27. The molecule has 1 fully saturated rings. The molecule has 0 aromatic heterocycles. The number of rotatable bonds is 0. The van der Waals surface area contributed by atoms with Crippen molar-refractivity contribution in [3.8, 4) is 0 Å². The van der Waals surface area contributed by atoms with Crippen LogP contribution in [0.3, 0.4) is 0 Å². The molecule has 0 saturated carbocycles. The van der Waals surface area contributed by atoms with Gasteiger partial charge in [-0.2, -0.15) is 0 Å². The van der Waals surface area contributed by atoms with E-state index in [4.69, 9.17) is 0 Å². The second-order valence-electron chi connectivity index (χ2n) is 3.45. The van der Waals surface area contributed by atoms with Gasteiger partial charge in [0.2, 0.25) is 0 Å². The molecule has 0 amide bonds. The van der Waals surface area contributed by atoms with Gasteiger partial charge in [0.05, 0.1) is 0 Å². The quantitative estimate of drug-likeness (QED) is 0.553. The van der Waals surface area contributed by atoms with Crippen LogP contribution >= 0.6 is 0 Å². The van der Waals surface area contributed by atoms with Crippen LogP contribution in [0.15, 0.2) is 16.6 Å². The molecule has 0 radical (unpaired) electrons. The molecule has 2 rings (SSSR count). The summed E-state index contributed by atoms with van der Waals surface area (Å²) in [7, 11) is 0. The van der Waals surface area contributed by atoms with Crippen molar-refractivity contribution < 1.29 is 0 Å². The van der Waals surface area contributed by atoms with Gasteiger partial charge in [-0.3, -0.25) is 10.3 Å². The number of hydrogen-bond donors (Lipinski definition) is 1. The van der Waals surface area contributed by atoms with Crippen LogP contribution in [0.5, 0.6) is 0 Å². The Hall–Kier alpha value is -0.630. The summed E-state index contributed by atoms with van der Waals surface area (Å²) in [6.07, 6.45) is 3.85. The van der Waals surface area contributed by atoms with Crippen molar-refractivity contribution in [1.82, 2.24) is 5.32 Å². The first-order valence-electron chi connectivity index (χ1n) is 4.23. The molecule has 2 heteroatoms.